The van der Waals surface area contributed by atoms with E-state index >= 15 is 0 Å². The summed E-state index contributed by atoms with van der Waals surface area (Å²) >= 11 is 8.14. The van der Waals surface area contributed by atoms with Gasteiger partial charge in [0.2, 0.25) is 0 Å². The minimum absolute atomic E-state index is 0.625. The van der Waals surface area contributed by atoms with E-state index < -0.39 is 0 Å². The first kappa shape index (κ1) is 25.7. The number of hydrogen-bond acceptors (Lipinski definition) is 3. The molecule has 2 nitrogen and oxygen atoms in total. The van der Waals surface area contributed by atoms with E-state index in [1.807, 2.05) is 0 Å². The van der Waals surface area contributed by atoms with Crippen molar-refractivity contribution in [2.75, 3.05) is 19.0 Å². The van der Waals surface area contributed by atoms with Crippen molar-refractivity contribution in [1.29, 1.82) is 0 Å². The van der Waals surface area contributed by atoms with E-state index in [1.54, 1.807) is 0 Å². The summed E-state index contributed by atoms with van der Waals surface area (Å²) in [6.07, 6.45) is 10.7. The SMILES string of the molecule is CCCCC(CC)COc1cc(CCS)c(OCC(CC)CCCC)cc1Br. The molecule has 0 saturated carbocycles. The Morgan fingerprint density at radius 2 is 1.39 bits per heavy atom. The van der Waals surface area contributed by atoms with Crippen molar-refractivity contribution >= 4 is 28.6 Å². The predicted molar refractivity (Wildman–Crippen MR) is 129 cm³/mol. The highest BCUT2D eigenvalue weighted by atomic mass is 79.9. The Balaban J connectivity index is 2.80. The van der Waals surface area contributed by atoms with Crippen LogP contribution >= 0.6 is 28.6 Å². The van der Waals surface area contributed by atoms with Gasteiger partial charge in [0.25, 0.3) is 0 Å². The molecule has 28 heavy (non-hydrogen) atoms. The number of thiol groups is 1. The molecule has 0 aromatic heterocycles. The molecule has 1 rings (SSSR count). The summed E-state index contributed by atoms with van der Waals surface area (Å²) < 4.78 is 13.4. The number of aryl methyl sites for hydroxylation is 1. The fraction of sp³-hybridized carbons (Fsp3) is 0.750. The van der Waals surface area contributed by atoms with Crippen LogP contribution < -0.4 is 9.47 Å². The standard InChI is InChI=1S/C24H41BrO2S/c1-5-9-11-19(7-3)17-26-23-16-22(25)24(15-21(23)13-14-28)27-18-20(8-4)12-10-6-2/h15-16,19-20,28H,5-14,17-18H2,1-4H3. The Kier molecular flexibility index (Phi) is 14.2. The van der Waals surface area contributed by atoms with E-state index in [-0.39, 0.29) is 0 Å². The van der Waals surface area contributed by atoms with Crippen LogP contribution in [0.15, 0.2) is 16.6 Å². The molecule has 0 radical (unpaired) electrons. The van der Waals surface area contributed by atoms with E-state index in [2.05, 4.69) is 68.4 Å². The third-order valence-corrected chi connectivity index (χ3v) is 6.38. The number of halogens is 1. The smallest absolute Gasteiger partial charge is 0.134 e. The maximum Gasteiger partial charge on any atom is 0.134 e. The molecule has 1 aromatic carbocycles. The summed E-state index contributed by atoms with van der Waals surface area (Å²) in [5.41, 5.74) is 1.19. The third-order valence-electron chi connectivity index (χ3n) is 5.53. The molecule has 0 amide bonds. The number of benzene rings is 1. The van der Waals surface area contributed by atoms with Gasteiger partial charge in [-0.05, 0) is 70.5 Å². The number of rotatable bonds is 16. The average molecular weight is 474 g/mol. The van der Waals surface area contributed by atoms with Gasteiger partial charge in [-0.15, -0.1) is 0 Å². The second kappa shape index (κ2) is 15.5. The highest BCUT2D eigenvalue weighted by molar-refractivity contribution is 9.10. The molecule has 0 fully saturated rings. The molecule has 0 aliphatic heterocycles. The maximum absolute atomic E-state index is 6.26. The summed E-state index contributed by atoms with van der Waals surface area (Å²) in [4.78, 5) is 0. The van der Waals surface area contributed by atoms with E-state index in [9.17, 15) is 0 Å². The Morgan fingerprint density at radius 1 is 0.857 bits per heavy atom. The van der Waals surface area contributed by atoms with Crippen molar-refractivity contribution in [3.63, 3.8) is 0 Å². The van der Waals surface area contributed by atoms with Gasteiger partial charge in [0.15, 0.2) is 0 Å². The van der Waals surface area contributed by atoms with Crippen molar-refractivity contribution < 1.29 is 9.47 Å². The van der Waals surface area contributed by atoms with Crippen LogP contribution in [0.1, 0.15) is 84.6 Å². The van der Waals surface area contributed by atoms with Gasteiger partial charge in [0, 0.05) is 0 Å². The van der Waals surface area contributed by atoms with Crippen molar-refractivity contribution in [2.45, 2.75) is 85.5 Å². The first-order chi connectivity index (χ1) is 13.6. The van der Waals surface area contributed by atoms with E-state index in [0.717, 1.165) is 41.4 Å². The van der Waals surface area contributed by atoms with E-state index in [4.69, 9.17) is 9.47 Å². The number of unbranched alkanes of at least 4 members (excludes halogenated alkanes) is 2. The zero-order chi connectivity index (χ0) is 20.8. The minimum atomic E-state index is 0.625. The topological polar surface area (TPSA) is 18.5 Å². The lowest BCUT2D eigenvalue weighted by Gasteiger charge is -2.20. The van der Waals surface area contributed by atoms with Crippen molar-refractivity contribution in [2.24, 2.45) is 11.8 Å². The van der Waals surface area contributed by atoms with Crippen molar-refractivity contribution in [1.82, 2.24) is 0 Å². The van der Waals surface area contributed by atoms with Crippen LogP contribution in [0.25, 0.3) is 0 Å². The fourth-order valence-corrected chi connectivity index (χ4v) is 4.03. The van der Waals surface area contributed by atoms with E-state index in [0.29, 0.717) is 11.8 Å². The second-order valence-corrected chi connectivity index (χ2v) is 9.12. The lowest BCUT2D eigenvalue weighted by molar-refractivity contribution is 0.225. The molecule has 0 heterocycles. The summed E-state index contributed by atoms with van der Waals surface area (Å²) in [5, 5.41) is 0. The van der Waals surface area contributed by atoms with Gasteiger partial charge >= 0.3 is 0 Å². The van der Waals surface area contributed by atoms with Gasteiger partial charge < -0.3 is 9.47 Å². The van der Waals surface area contributed by atoms with Gasteiger partial charge in [-0.1, -0.05) is 66.2 Å². The summed E-state index contributed by atoms with van der Waals surface area (Å²) in [7, 11) is 0. The largest absolute Gasteiger partial charge is 0.493 e. The lowest BCUT2D eigenvalue weighted by atomic mass is 10.0. The molecule has 4 heteroatoms. The molecule has 0 aliphatic rings. The van der Waals surface area contributed by atoms with Crippen LogP contribution in [-0.4, -0.2) is 19.0 Å². The summed E-state index contributed by atoms with van der Waals surface area (Å²) in [6, 6.07) is 4.24. The zero-order valence-electron chi connectivity index (χ0n) is 18.4. The van der Waals surface area contributed by atoms with Gasteiger partial charge in [0.05, 0.1) is 17.7 Å². The number of hydrogen-bond donors (Lipinski definition) is 1. The third kappa shape index (κ3) is 9.43. The van der Waals surface area contributed by atoms with Crippen LogP contribution in [-0.2, 0) is 6.42 Å². The molecule has 2 unspecified atom stereocenters. The van der Waals surface area contributed by atoms with E-state index in [1.165, 1.54) is 56.9 Å². The van der Waals surface area contributed by atoms with Gasteiger partial charge in [0.1, 0.15) is 11.5 Å². The molecule has 0 spiro atoms. The van der Waals surface area contributed by atoms with Crippen molar-refractivity contribution in [3.05, 3.63) is 22.2 Å². The molecular formula is C24H41BrO2S. The molecule has 0 aliphatic carbocycles. The second-order valence-electron chi connectivity index (χ2n) is 7.82. The first-order valence-electron chi connectivity index (χ1n) is 11.3. The Morgan fingerprint density at radius 3 is 1.86 bits per heavy atom. The fourth-order valence-electron chi connectivity index (χ4n) is 3.35. The maximum atomic E-state index is 6.26. The normalized spacial score (nSPS) is 13.4. The summed E-state index contributed by atoms with van der Waals surface area (Å²) in [6.45, 7) is 10.6. The highest BCUT2D eigenvalue weighted by Gasteiger charge is 2.14. The monoisotopic (exact) mass is 472 g/mol. The molecule has 162 valence electrons. The zero-order valence-corrected chi connectivity index (χ0v) is 20.9. The van der Waals surface area contributed by atoms with Crippen LogP contribution in [0.2, 0.25) is 0 Å². The van der Waals surface area contributed by atoms with Gasteiger partial charge in [-0.2, -0.15) is 12.6 Å². The first-order valence-corrected chi connectivity index (χ1v) is 12.7. The predicted octanol–water partition coefficient (Wildman–Crippen LogP) is 8.11. The Hall–Kier alpha value is -0.350. The van der Waals surface area contributed by atoms with Crippen molar-refractivity contribution in [3.8, 4) is 11.5 Å². The quantitative estimate of drug-likeness (QED) is 0.245. The number of ether oxygens (including phenoxy) is 2. The lowest BCUT2D eigenvalue weighted by Crippen LogP contribution is -2.13. The minimum Gasteiger partial charge on any atom is -0.493 e. The highest BCUT2D eigenvalue weighted by Crippen LogP contribution is 2.34. The molecular weight excluding hydrogens is 432 g/mol. The molecule has 0 bridgehead atoms. The average Bonchev–Trinajstić information content (AvgIpc) is 2.70. The Bertz CT molecular complexity index is 536. The van der Waals surface area contributed by atoms with Crippen LogP contribution in [0, 0.1) is 11.8 Å². The molecule has 0 N–H and O–H groups in total. The Labute approximate surface area is 187 Å². The summed E-state index contributed by atoms with van der Waals surface area (Å²) in [5.74, 6) is 3.96. The molecule has 0 saturated heterocycles. The van der Waals surface area contributed by atoms with Gasteiger partial charge in [-0.3, -0.25) is 0 Å². The van der Waals surface area contributed by atoms with Crippen LogP contribution in [0.3, 0.4) is 0 Å². The molecule has 1 aromatic rings. The molecule has 2 atom stereocenters. The van der Waals surface area contributed by atoms with Crippen LogP contribution in [0.4, 0.5) is 0 Å². The van der Waals surface area contributed by atoms with Crippen LogP contribution in [0.5, 0.6) is 11.5 Å². The van der Waals surface area contributed by atoms with Gasteiger partial charge in [-0.25, -0.2) is 0 Å².